The maximum atomic E-state index is 9.10. The summed E-state index contributed by atoms with van der Waals surface area (Å²) in [5.74, 6) is 0. The third-order valence-corrected chi connectivity index (χ3v) is 3.64. The van der Waals surface area contributed by atoms with Gasteiger partial charge in [0.1, 0.15) is 0 Å². The Morgan fingerprint density at radius 1 is 0.895 bits per heavy atom. The van der Waals surface area contributed by atoms with Crippen LogP contribution >= 0.6 is 0 Å². The van der Waals surface area contributed by atoms with Crippen LogP contribution in [-0.2, 0) is 0 Å². The zero-order chi connectivity index (χ0) is 13.2. The predicted octanol–water partition coefficient (Wildman–Crippen LogP) is 3.38. The van der Waals surface area contributed by atoms with Gasteiger partial charge in [-0.3, -0.25) is 0 Å². The van der Waals surface area contributed by atoms with Gasteiger partial charge in [-0.05, 0) is 39.6 Å². The summed E-state index contributed by atoms with van der Waals surface area (Å²) in [7, 11) is 0. The van der Waals surface area contributed by atoms with Crippen molar-refractivity contribution >= 4 is 21.5 Å². The first-order chi connectivity index (χ1) is 9.31. The van der Waals surface area contributed by atoms with Crippen LogP contribution in [0.15, 0.2) is 54.6 Å². The van der Waals surface area contributed by atoms with Crippen molar-refractivity contribution in [2.24, 2.45) is 5.73 Å². The van der Waals surface area contributed by atoms with Gasteiger partial charge in [0, 0.05) is 12.6 Å². The second-order valence-electron chi connectivity index (χ2n) is 4.85. The molecule has 0 saturated carbocycles. The molecule has 0 aliphatic rings. The first-order valence-electron chi connectivity index (χ1n) is 6.58. The zero-order valence-electron chi connectivity index (χ0n) is 10.7. The minimum atomic E-state index is -0.125. The first-order valence-corrected chi connectivity index (χ1v) is 6.58. The van der Waals surface area contributed by atoms with Gasteiger partial charge in [0.15, 0.2) is 0 Å². The number of rotatable bonds is 3. The van der Waals surface area contributed by atoms with E-state index in [0.717, 1.165) is 5.56 Å². The summed E-state index contributed by atoms with van der Waals surface area (Å²) >= 11 is 0. The molecule has 3 aromatic rings. The molecule has 3 N–H and O–H groups in total. The Kier molecular flexibility index (Phi) is 3.20. The molecule has 3 rings (SSSR count). The average molecular weight is 251 g/mol. The van der Waals surface area contributed by atoms with Crippen molar-refractivity contribution < 1.29 is 5.11 Å². The molecule has 19 heavy (non-hydrogen) atoms. The molecule has 0 spiro atoms. The third-order valence-electron chi connectivity index (χ3n) is 3.64. The van der Waals surface area contributed by atoms with Crippen molar-refractivity contribution in [3.8, 4) is 0 Å². The molecule has 0 aromatic heterocycles. The van der Waals surface area contributed by atoms with Gasteiger partial charge < -0.3 is 10.8 Å². The number of benzene rings is 3. The van der Waals surface area contributed by atoms with Gasteiger partial charge >= 0.3 is 0 Å². The Bertz CT molecular complexity index is 721. The number of hydrogen-bond acceptors (Lipinski definition) is 2. The van der Waals surface area contributed by atoms with Crippen LogP contribution in [0, 0.1) is 0 Å². The molecular weight excluding hydrogens is 234 g/mol. The van der Waals surface area contributed by atoms with Gasteiger partial charge in [0.2, 0.25) is 0 Å². The van der Waals surface area contributed by atoms with Crippen molar-refractivity contribution in [1.29, 1.82) is 0 Å². The third kappa shape index (κ3) is 2.09. The van der Waals surface area contributed by atoms with E-state index in [1.165, 1.54) is 21.5 Å². The Balaban J connectivity index is 2.35. The van der Waals surface area contributed by atoms with Crippen LogP contribution in [0.4, 0.5) is 0 Å². The van der Waals surface area contributed by atoms with E-state index < -0.39 is 0 Å². The topological polar surface area (TPSA) is 46.2 Å². The second kappa shape index (κ2) is 5.00. The van der Waals surface area contributed by atoms with Gasteiger partial charge in [-0.15, -0.1) is 0 Å². The van der Waals surface area contributed by atoms with E-state index in [9.17, 15) is 0 Å². The fourth-order valence-corrected chi connectivity index (χ4v) is 2.68. The van der Waals surface area contributed by atoms with Crippen LogP contribution in [0.25, 0.3) is 21.5 Å². The van der Waals surface area contributed by atoms with Gasteiger partial charge in [0.05, 0.1) is 0 Å². The van der Waals surface area contributed by atoms with Crippen molar-refractivity contribution in [3.63, 3.8) is 0 Å². The highest BCUT2D eigenvalue weighted by molar-refractivity contribution is 6.09. The van der Waals surface area contributed by atoms with E-state index in [4.69, 9.17) is 10.8 Å². The molecule has 0 aliphatic heterocycles. The number of aliphatic hydroxyl groups is 1. The Morgan fingerprint density at radius 2 is 1.53 bits per heavy atom. The molecule has 3 aromatic carbocycles. The lowest BCUT2D eigenvalue weighted by Gasteiger charge is -2.15. The highest BCUT2D eigenvalue weighted by Gasteiger charge is 2.11. The highest BCUT2D eigenvalue weighted by Crippen LogP contribution is 2.31. The van der Waals surface area contributed by atoms with Crippen LogP contribution in [0.5, 0.6) is 0 Å². The smallest absolute Gasteiger partial charge is 0.0449 e. The van der Waals surface area contributed by atoms with Crippen LogP contribution in [0.2, 0.25) is 0 Å². The van der Waals surface area contributed by atoms with E-state index >= 15 is 0 Å². The van der Waals surface area contributed by atoms with Crippen LogP contribution in [-0.4, -0.2) is 11.7 Å². The van der Waals surface area contributed by atoms with Crippen molar-refractivity contribution in [2.75, 3.05) is 6.61 Å². The lowest BCUT2D eigenvalue weighted by molar-refractivity contribution is 0.277. The van der Waals surface area contributed by atoms with Crippen LogP contribution in [0.3, 0.4) is 0 Å². The molecule has 1 atom stereocenters. The molecule has 0 aliphatic carbocycles. The number of aliphatic hydroxyl groups excluding tert-OH is 1. The Labute approximate surface area is 112 Å². The molecular formula is C17H17NO. The molecule has 96 valence electrons. The molecule has 0 amide bonds. The van der Waals surface area contributed by atoms with E-state index in [2.05, 4.69) is 42.5 Å². The molecule has 2 heteroatoms. The standard InChI is InChI=1S/C17H17NO/c18-17(9-10-19)16-11-12-5-1-2-6-13(12)14-7-3-4-8-15(14)16/h1-8,11,17,19H,9-10,18H2/t17-/m1/s1. The molecule has 0 radical (unpaired) electrons. The fraction of sp³-hybridized carbons (Fsp3) is 0.176. The monoisotopic (exact) mass is 251 g/mol. The zero-order valence-corrected chi connectivity index (χ0v) is 10.7. The van der Waals surface area contributed by atoms with Gasteiger partial charge in [-0.25, -0.2) is 0 Å². The lowest BCUT2D eigenvalue weighted by atomic mass is 9.93. The van der Waals surface area contributed by atoms with Crippen molar-refractivity contribution in [2.45, 2.75) is 12.5 Å². The van der Waals surface area contributed by atoms with E-state index in [-0.39, 0.29) is 12.6 Å². The summed E-state index contributed by atoms with van der Waals surface area (Å²) in [6.07, 6.45) is 0.586. The van der Waals surface area contributed by atoms with Crippen molar-refractivity contribution in [3.05, 3.63) is 60.2 Å². The molecule has 0 unspecified atom stereocenters. The van der Waals surface area contributed by atoms with E-state index in [1.54, 1.807) is 0 Å². The van der Waals surface area contributed by atoms with E-state index in [1.807, 2.05) is 12.1 Å². The summed E-state index contributed by atoms with van der Waals surface area (Å²) in [5.41, 5.74) is 7.32. The van der Waals surface area contributed by atoms with Crippen LogP contribution < -0.4 is 5.73 Å². The van der Waals surface area contributed by atoms with Gasteiger partial charge in [-0.1, -0.05) is 48.5 Å². The predicted molar refractivity (Wildman–Crippen MR) is 80.1 cm³/mol. The summed E-state index contributed by atoms with van der Waals surface area (Å²) in [6.45, 7) is 0.113. The number of fused-ring (bicyclic) bond motifs is 3. The summed E-state index contributed by atoms with van der Waals surface area (Å²) in [5, 5.41) is 14.0. The SMILES string of the molecule is N[C@H](CCO)c1cc2ccccc2c2ccccc12. The van der Waals surface area contributed by atoms with Crippen molar-refractivity contribution in [1.82, 2.24) is 0 Å². The molecule has 2 nitrogen and oxygen atoms in total. The minimum absolute atomic E-state index is 0.113. The molecule has 0 fully saturated rings. The van der Waals surface area contributed by atoms with Gasteiger partial charge in [-0.2, -0.15) is 0 Å². The van der Waals surface area contributed by atoms with Crippen LogP contribution in [0.1, 0.15) is 18.0 Å². The Hall–Kier alpha value is -1.90. The second-order valence-corrected chi connectivity index (χ2v) is 4.85. The Morgan fingerprint density at radius 3 is 2.26 bits per heavy atom. The summed E-state index contributed by atoms with van der Waals surface area (Å²) < 4.78 is 0. The van der Waals surface area contributed by atoms with E-state index in [0.29, 0.717) is 6.42 Å². The maximum Gasteiger partial charge on any atom is 0.0449 e. The molecule has 0 saturated heterocycles. The summed E-state index contributed by atoms with van der Waals surface area (Å²) in [6, 6.07) is 18.7. The minimum Gasteiger partial charge on any atom is -0.396 e. The quantitative estimate of drug-likeness (QED) is 0.701. The summed E-state index contributed by atoms with van der Waals surface area (Å²) in [4.78, 5) is 0. The normalized spacial score (nSPS) is 12.9. The lowest BCUT2D eigenvalue weighted by Crippen LogP contribution is -2.12. The first kappa shape index (κ1) is 12.2. The molecule has 0 bridgehead atoms. The maximum absolute atomic E-state index is 9.10. The van der Waals surface area contributed by atoms with Gasteiger partial charge in [0.25, 0.3) is 0 Å². The number of hydrogen-bond donors (Lipinski definition) is 2. The number of nitrogens with two attached hydrogens (primary N) is 1. The largest absolute Gasteiger partial charge is 0.396 e. The highest BCUT2D eigenvalue weighted by atomic mass is 16.3. The average Bonchev–Trinajstić information content (AvgIpc) is 2.46. The molecule has 0 heterocycles. The fourth-order valence-electron chi connectivity index (χ4n) is 2.68.